The molecule has 1 radical (unpaired) electrons. The zero-order chi connectivity index (χ0) is 14.2. The SMILES string of the molecule is Oc1ccccc1CNCCNCc1ccccc1O.[Cu]. The molecule has 2 rings (SSSR count). The molecule has 0 saturated heterocycles. The monoisotopic (exact) mass is 335 g/mol. The molecule has 0 unspecified atom stereocenters. The number of aromatic hydroxyl groups is 2. The van der Waals surface area contributed by atoms with E-state index >= 15 is 0 Å². The number of para-hydroxylation sites is 2. The van der Waals surface area contributed by atoms with Gasteiger partial charge in [-0.25, -0.2) is 0 Å². The Morgan fingerprint density at radius 3 is 1.43 bits per heavy atom. The van der Waals surface area contributed by atoms with Crippen LogP contribution < -0.4 is 10.6 Å². The van der Waals surface area contributed by atoms with Crippen molar-refractivity contribution in [1.29, 1.82) is 0 Å². The van der Waals surface area contributed by atoms with Crippen LogP contribution >= 0.6 is 0 Å². The molecule has 0 saturated carbocycles. The van der Waals surface area contributed by atoms with E-state index in [1.165, 1.54) is 0 Å². The van der Waals surface area contributed by atoms with E-state index in [9.17, 15) is 10.2 Å². The van der Waals surface area contributed by atoms with Crippen molar-refractivity contribution in [2.75, 3.05) is 13.1 Å². The Hall–Kier alpha value is -1.52. The van der Waals surface area contributed by atoms with E-state index in [1.807, 2.05) is 36.4 Å². The molecule has 0 spiro atoms. The van der Waals surface area contributed by atoms with Crippen LogP contribution in [0.15, 0.2) is 48.5 Å². The number of nitrogens with one attached hydrogen (secondary N) is 2. The molecule has 4 N–H and O–H groups in total. The summed E-state index contributed by atoms with van der Waals surface area (Å²) in [6, 6.07) is 14.6. The van der Waals surface area contributed by atoms with Gasteiger partial charge in [-0.2, -0.15) is 0 Å². The fraction of sp³-hybridized carbons (Fsp3) is 0.250. The third kappa shape index (κ3) is 5.77. The maximum atomic E-state index is 9.61. The van der Waals surface area contributed by atoms with Crippen molar-refractivity contribution in [1.82, 2.24) is 10.6 Å². The summed E-state index contributed by atoms with van der Waals surface area (Å²) >= 11 is 0. The Balaban J connectivity index is 0.00000220. The summed E-state index contributed by atoms with van der Waals surface area (Å²) < 4.78 is 0. The first kappa shape index (κ1) is 17.5. The zero-order valence-corrected chi connectivity index (χ0v) is 12.6. The predicted molar refractivity (Wildman–Crippen MR) is 79.6 cm³/mol. The first-order valence-corrected chi connectivity index (χ1v) is 6.72. The number of hydrogen-bond acceptors (Lipinski definition) is 4. The molecule has 21 heavy (non-hydrogen) atoms. The minimum Gasteiger partial charge on any atom is -0.508 e. The molecule has 0 atom stereocenters. The van der Waals surface area contributed by atoms with E-state index in [4.69, 9.17) is 0 Å². The summed E-state index contributed by atoms with van der Waals surface area (Å²) in [5, 5.41) is 25.7. The second-order valence-corrected chi connectivity index (χ2v) is 4.61. The van der Waals surface area contributed by atoms with Gasteiger partial charge in [0.25, 0.3) is 0 Å². The van der Waals surface area contributed by atoms with E-state index in [-0.39, 0.29) is 17.1 Å². The van der Waals surface area contributed by atoms with Crippen LogP contribution in [0.5, 0.6) is 11.5 Å². The second-order valence-electron chi connectivity index (χ2n) is 4.61. The van der Waals surface area contributed by atoms with E-state index < -0.39 is 0 Å². The standard InChI is InChI=1S/C16H20N2O2.Cu/c19-15-7-3-1-5-13(15)11-17-9-10-18-12-14-6-2-4-8-16(14)20;/h1-8,17-20H,9-12H2;. The van der Waals surface area contributed by atoms with Gasteiger partial charge in [-0.3, -0.25) is 0 Å². The molecule has 0 bridgehead atoms. The summed E-state index contributed by atoms with van der Waals surface area (Å²) in [7, 11) is 0. The largest absolute Gasteiger partial charge is 0.508 e. The molecule has 0 aliphatic heterocycles. The summed E-state index contributed by atoms with van der Waals surface area (Å²) in [6.07, 6.45) is 0. The maximum absolute atomic E-state index is 9.61. The van der Waals surface area contributed by atoms with Gasteiger partial charge in [0.05, 0.1) is 0 Å². The van der Waals surface area contributed by atoms with E-state index in [0.29, 0.717) is 24.6 Å². The number of rotatable bonds is 7. The molecule has 0 aromatic heterocycles. The van der Waals surface area contributed by atoms with Crippen LogP contribution in [-0.4, -0.2) is 23.3 Å². The summed E-state index contributed by atoms with van der Waals surface area (Å²) in [4.78, 5) is 0. The molecule has 2 aromatic carbocycles. The fourth-order valence-corrected chi connectivity index (χ4v) is 1.94. The molecular weight excluding hydrogens is 316 g/mol. The molecule has 0 fully saturated rings. The van der Waals surface area contributed by atoms with Gasteiger partial charge in [-0.05, 0) is 12.1 Å². The Morgan fingerprint density at radius 2 is 1.05 bits per heavy atom. The molecule has 0 amide bonds. The number of benzene rings is 2. The molecule has 117 valence electrons. The van der Waals surface area contributed by atoms with Gasteiger partial charge in [0, 0.05) is 54.4 Å². The Kier molecular flexibility index (Phi) is 7.87. The van der Waals surface area contributed by atoms with Gasteiger partial charge in [0.1, 0.15) is 11.5 Å². The second kappa shape index (κ2) is 9.42. The van der Waals surface area contributed by atoms with Gasteiger partial charge in [-0.1, -0.05) is 36.4 Å². The molecule has 2 aromatic rings. The van der Waals surface area contributed by atoms with Crippen molar-refractivity contribution in [3.05, 3.63) is 59.7 Å². The third-order valence-corrected chi connectivity index (χ3v) is 3.09. The number of phenols is 2. The number of hydrogen-bond donors (Lipinski definition) is 4. The topological polar surface area (TPSA) is 64.5 Å². The maximum Gasteiger partial charge on any atom is 0.120 e. The minimum absolute atomic E-state index is 0. The molecule has 0 aliphatic carbocycles. The average molecular weight is 336 g/mol. The first-order valence-electron chi connectivity index (χ1n) is 6.72. The van der Waals surface area contributed by atoms with Crippen LogP contribution in [0.4, 0.5) is 0 Å². The van der Waals surface area contributed by atoms with Crippen LogP contribution in [0.25, 0.3) is 0 Å². The minimum atomic E-state index is 0. The van der Waals surface area contributed by atoms with Gasteiger partial charge < -0.3 is 20.8 Å². The Bertz CT molecular complexity index is 500. The van der Waals surface area contributed by atoms with Crippen LogP contribution in [-0.2, 0) is 30.2 Å². The van der Waals surface area contributed by atoms with Gasteiger partial charge in [0.15, 0.2) is 0 Å². The van der Waals surface area contributed by atoms with Crippen molar-refractivity contribution in [3.8, 4) is 11.5 Å². The van der Waals surface area contributed by atoms with E-state index in [2.05, 4.69) is 10.6 Å². The quantitative estimate of drug-likeness (QED) is 0.461. The van der Waals surface area contributed by atoms with Crippen LogP contribution in [0.2, 0.25) is 0 Å². The van der Waals surface area contributed by atoms with E-state index in [1.54, 1.807) is 12.1 Å². The van der Waals surface area contributed by atoms with Gasteiger partial charge in [0.2, 0.25) is 0 Å². The zero-order valence-electron chi connectivity index (χ0n) is 11.6. The number of phenolic OH excluding ortho intramolecular Hbond substituents is 2. The first-order chi connectivity index (χ1) is 9.77. The smallest absolute Gasteiger partial charge is 0.120 e. The molecule has 4 nitrogen and oxygen atoms in total. The third-order valence-electron chi connectivity index (χ3n) is 3.09. The summed E-state index contributed by atoms with van der Waals surface area (Å²) in [6.45, 7) is 2.87. The fourth-order valence-electron chi connectivity index (χ4n) is 1.94. The van der Waals surface area contributed by atoms with Gasteiger partial charge >= 0.3 is 0 Å². The van der Waals surface area contributed by atoms with Crippen LogP contribution in [0.3, 0.4) is 0 Å². The Labute approximate surface area is 135 Å². The van der Waals surface area contributed by atoms with Crippen molar-refractivity contribution in [2.24, 2.45) is 0 Å². The van der Waals surface area contributed by atoms with Crippen LogP contribution in [0, 0.1) is 0 Å². The Morgan fingerprint density at radius 1 is 0.667 bits per heavy atom. The molecule has 5 heteroatoms. The molecular formula is C16H20CuN2O2. The average Bonchev–Trinajstić information content (AvgIpc) is 2.46. The van der Waals surface area contributed by atoms with Crippen molar-refractivity contribution in [2.45, 2.75) is 13.1 Å². The van der Waals surface area contributed by atoms with Crippen molar-refractivity contribution in [3.63, 3.8) is 0 Å². The van der Waals surface area contributed by atoms with Gasteiger partial charge in [-0.15, -0.1) is 0 Å². The van der Waals surface area contributed by atoms with Crippen LogP contribution in [0.1, 0.15) is 11.1 Å². The summed E-state index contributed by atoms with van der Waals surface area (Å²) in [5.41, 5.74) is 1.79. The normalized spacial score (nSPS) is 10.1. The summed E-state index contributed by atoms with van der Waals surface area (Å²) in [5.74, 6) is 0.643. The molecule has 0 heterocycles. The molecule has 0 aliphatic rings. The van der Waals surface area contributed by atoms with Crippen molar-refractivity contribution < 1.29 is 27.3 Å². The predicted octanol–water partition coefficient (Wildman–Crippen LogP) is 1.97. The van der Waals surface area contributed by atoms with Crippen molar-refractivity contribution >= 4 is 0 Å². The van der Waals surface area contributed by atoms with E-state index in [0.717, 1.165) is 24.2 Å².